The minimum atomic E-state index is -0.974. The van der Waals surface area contributed by atoms with Crippen LogP contribution in [-0.2, 0) is 4.79 Å². The fourth-order valence-corrected chi connectivity index (χ4v) is 0.286. The average molecular weight is 127 g/mol. The quantitative estimate of drug-likeness (QED) is 0.473. The summed E-state index contributed by atoms with van der Waals surface area (Å²) in [6, 6.07) is 0. The maximum Gasteiger partial charge on any atom is 0.249 e. The van der Waals surface area contributed by atoms with E-state index in [2.05, 4.69) is 11.2 Å². The van der Waals surface area contributed by atoms with Crippen molar-refractivity contribution in [3.05, 3.63) is 0 Å². The van der Waals surface area contributed by atoms with Gasteiger partial charge in [0.1, 0.15) is 6.10 Å². The molecular formula is C6H9NO2. The van der Waals surface area contributed by atoms with Crippen molar-refractivity contribution >= 4 is 5.91 Å². The second-order valence-electron chi connectivity index (χ2n) is 1.60. The zero-order valence-corrected chi connectivity index (χ0v) is 5.22. The van der Waals surface area contributed by atoms with Crippen LogP contribution in [0.2, 0.25) is 0 Å². The Morgan fingerprint density at radius 2 is 2.56 bits per heavy atom. The van der Waals surface area contributed by atoms with Crippen LogP contribution in [0, 0.1) is 12.3 Å². The maximum atomic E-state index is 10.4. The summed E-state index contributed by atoms with van der Waals surface area (Å²) in [7, 11) is 0. The number of aliphatic hydroxyl groups is 1. The van der Waals surface area contributed by atoms with Gasteiger partial charge in [-0.1, -0.05) is 5.92 Å². The van der Waals surface area contributed by atoms with Crippen LogP contribution in [0.3, 0.4) is 0 Å². The Labute approximate surface area is 54.1 Å². The smallest absolute Gasteiger partial charge is 0.249 e. The third-order valence-corrected chi connectivity index (χ3v) is 0.744. The molecule has 1 unspecified atom stereocenters. The molecule has 2 N–H and O–H groups in total. The molecule has 1 amide bonds. The van der Waals surface area contributed by atoms with E-state index in [4.69, 9.17) is 11.5 Å². The van der Waals surface area contributed by atoms with Gasteiger partial charge in [-0.05, 0) is 6.92 Å². The Morgan fingerprint density at radius 1 is 2.00 bits per heavy atom. The van der Waals surface area contributed by atoms with Gasteiger partial charge in [0.15, 0.2) is 0 Å². The molecule has 0 fully saturated rings. The van der Waals surface area contributed by atoms with Crippen LogP contribution in [0.4, 0.5) is 0 Å². The molecule has 3 nitrogen and oxygen atoms in total. The average Bonchev–Trinajstić information content (AvgIpc) is 1.82. The first-order valence-electron chi connectivity index (χ1n) is 2.57. The lowest BCUT2D eigenvalue weighted by Gasteiger charge is -2.01. The first kappa shape index (κ1) is 7.99. The molecule has 3 heteroatoms. The molecule has 0 saturated carbocycles. The normalized spacial score (nSPS) is 11.7. The van der Waals surface area contributed by atoms with Gasteiger partial charge in [-0.2, -0.15) is 0 Å². The van der Waals surface area contributed by atoms with E-state index in [0.717, 1.165) is 0 Å². The number of rotatable bonds is 2. The number of hydrogen-bond donors (Lipinski definition) is 2. The van der Waals surface area contributed by atoms with Gasteiger partial charge >= 0.3 is 0 Å². The van der Waals surface area contributed by atoms with Crippen molar-refractivity contribution < 1.29 is 9.90 Å². The molecule has 0 rings (SSSR count). The molecule has 50 valence electrons. The van der Waals surface area contributed by atoms with Crippen molar-refractivity contribution in [3.63, 3.8) is 0 Å². The second kappa shape index (κ2) is 3.93. The lowest BCUT2D eigenvalue weighted by atomic mass is 10.4. The number of carbonyl (C=O) groups excluding carboxylic acids is 1. The highest BCUT2D eigenvalue weighted by atomic mass is 16.3. The van der Waals surface area contributed by atoms with E-state index in [9.17, 15) is 4.79 Å². The Kier molecular flexibility index (Phi) is 3.49. The van der Waals surface area contributed by atoms with Crippen LogP contribution in [0.1, 0.15) is 6.92 Å². The molecular weight excluding hydrogens is 118 g/mol. The summed E-state index contributed by atoms with van der Waals surface area (Å²) < 4.78 is 0. The molecule has 0 radical (unpaired) electrons. The third kappa shape index (κ3) is 3.56. The van der Waals surface area contributed by atoms with Gasteiger partial charge in [0.05, 0.1) is 6.54 Å². The van der Waals surface area contributed by atoms with E-state index < -0.39 is 12.0 Å². The zero-order valence-electron chi connectivity index (χ0n) is 5.22. The van der Waals surface area contributed by atoms with Gasteiger partial charge in [0, 0.05) is 0 Å². The fourth-order valence-electron chi connectivity index (χ4n) is 0.286. The van der Waals surface area contributed by atoms with Crippen molar-refractivity contribution in [1.82, 2.24) is 5.32 Å². The maximum absolute atomic E-state index is 10.4. The van der Waals surface area contributed by atoms with Crippen LogP contribution in [0.15, 0.2) is 0 Å². The summed E-state index contributed by atoms with van der Waals surface area (Å²) >= 11 is 0. The molecule has 0 aromatic heterocycles. The van der Waals surface area contributed by atoms with E-state index in [1.165, 1.54) is 6.92 Å². The molecule has 0 aliphatic heterocycles. The first-order valence-corrected chi connectivity index (χ1v) is 2.57. The van der Waals surface area contributed by atoms with Crippen LogP contribution in [-0.4, -0.2) is 23.7 Å². The monoisotopic (exact) mass is 127 g/mol. The fraction of sp³-hybridized carbons (Fsp3) is 0.500. The van der Waals surface area contributed by atoms with Crippen LogP contribution >= 0.6 is 0 Å². The zero-order chi connectivity index (χ0) is 7.28. The summed E-state index contributed by atoms with van der Waals surface area (Å²) in [5.41, 5.74) is 0. The van der Waals surface area contributed by atoms with Crippen molar-refractivity contribution in [3.8, 4) is 12.3 Å². The third-order valence-electron chi connectivity index (χ3n) is 0.744. The largest absolute Gasteiger partial charge is 0.384 e. The summed E-state index contributed by atoms with van der Waals surface area (Å²) in [4.78, 5) is 10.4. The summed E-state index contributed by atoms with van der Waals surface area (Å²) in [5.74, 6) is 1.77. The topological polar surface area (TPSA) is 49.3 Å². The lowest BCUT2D eigenvalue weighted by Crippen LogP contribution is -2.32. The molecule has 0 aliphatic carbocycles. The molecule has 0 aromatic carbocycles. The SMILES string of the molecule is C#CCNC(=O)C(C)O. The molecule has 9 heavy (non-hydrogen) atoms. The lowest BCUT2D eigenvalue weighted by molar-refractivity contribution is -0.128. The van der Waals surface area contributed by atoms with E-state index in [1.807, 2.05) is 0 Å². The number of nitrogens with one attached hydrogen (secondary N) is 1. The molecule has 0 bridgehead atoms. The molecule has 1 atom stereocenters. The van der Waals surface area contributed by atoms with Gasteiger partial charge in [-0.25, -0.2) is 0 Å². The number of amides is 1. The molecule has 0 heterocycles. The Morgan fingerprint density at radius 3 is 2.89 bits per heavy atom. The predicted octanol–water partition coefficient (Wildman–Crippen LogP) is -0.883. The van der Waals surface area contributed by atoms with E-state index >= 15 is 0 Å². The van der Waals surface area contributed by atoms with Crippen LogP contribution in [0.5, 0.6) is 0 Å². The van der Waals surface area contributed by atoms with Gasteiger partial charge in [0.2, 0.25) is 5.91 Å². The number of carbonyl (C=O) groups is 1. The van der Waals surface area contributed by atoms with E-state index in [0.29, 0.717) is 0 Å². The van der Waals surface area contributed by atoms with Gasteiger partial charge in [0.25, 0.3) is 0 Å². The number of terminal acetylenes is 1. The Balaban J connectivity index is 3.42. The van der Waals surface area contributed by atoms with Gasteiger partial charge < -0.3 is 10.4 Å². The van der Waals surface area contributed by atoms with Crippen molar-refractivity contribution in [2.24, 2.45) is 0 Å². The van der Waals surface area contributed by atoms with Crippen molar-refractivity contribution in [1.29, 1.82) is 0 Å². The minimum absolute atomic E-state index is 0.170. The van der Waals surface area contributed by atoms with E-state index in [1.54, 1.807) is 0 Å². The molecule has 0 saturated heterocycles. The summed E-state index contributed by atoms with van der Waals surface area (Å²) in [6.07, 6.45) is 3.86. The molecule has 0 spiro atoms. The Hall–Kier alpha value is -1.01. The minimum Gasteiger partial charge on any atom is -0.384 e. The number of aliphatic hydroxyl groups excluding tert-OH is 1. The summed E-state index contributed by atoms with van der Waals surface area (Å²) in [6.45, 7) is 1.55. The Bertz CT molecular complexity index is 134. The van der Waals surface area contributed by atoms with Gasteiger partial charge in [-0.3, -0.25) is 4.79 Å². The predicted molar refractivity (Wildman–Crippen MR) is 33.5 cm³/mol. The summed E-state index contributed by atoms with van der Waals surface area (Å²) in [5, 5.41) is 10.9. The van der Waals surface area contributed by atoms with Crippen LogP contribution < -0.4 is 5.32 Å². The second-order valence-corrected chi connectivity index (χ2v) is 1.60. The first-order chi connectivity index (χ1) is 4.18. The van der Waals surface area contributed by atoms with E-state index in [-0.39, 0.29) is 6.54 Å². The van der Waals surface area contributed by atoms with Crippen molar-refractivity contribution in [2.45, 2.75) is 13.0 Å². The molecule has 0 aromatic rings. The van der Waals surface area contributed by atoms with Gasteiger partial charge in [-0.15, -0.1) is 6.42 Å². The number of hydrogen-bond acceptors (Lipinski definition) is 2. The highest BCUT2D eigenvalue weighted by Crippen LogP contribution is 1.76. The van der Waals surface area contributed by atoms with Crippen molar-refractivity contribution in [2.75, 3.05) is 6.54 Å². The highest BCUT2D eigenvalue weighted by molar-refractivity contribution is 5.80. The highest BCUT2D eigenvalue weighted by Gasteiger charge is 2.04. The molecule has 0 aliphatic rings. The standard InChI is InChI=1S/C6H9NO2/c1-3-4-7-6(9)5(2)8/h1,5,8H,4H2,2H3,(H,7,9). The van der Waals surface area contributed by atoms with Crippen LogP contribution in [0.25, 0.3) is 0 Å².